The molecule has 2 heterocycles. The summed E-state index contributed by atoms with van der Waals surface area (Å²) in [4.78, 5) is 4.66. The van der Waals surface area contributed by atoms with Gasteiger partial charge in [0.25, 0.3) is 0 Å². The van der Waals surface area contributed by atoms with Crippen LogP contribution in [-0.4, -0.2) is 17.1 Å². The quantitative estimate of drug-likeness (QED) is 0.754. The van der Waals surface area contributed by atoms with Crippen molar-refractivity contribution in [1.82, 2.24) is 4.98 Å². The lowest BCUT2D eigenvalue weighted by Gasteiger charge is -2.04. The Bertz CT molecular complexity index is 532. The number of rotatable bonds is 1. The van der Waals surface area contributed by atoms with Gasteiger partial charge >= 0.3 is 7.12 Å². The smallest absolute Gasteiger partial charge is 0.423 e. The summed E-state index contributed by atoms with van der Waals surface area (Å²) in [6, 6.07) is 3.05. The fourth-order valence-corrected chi connectivity index (χ4v) is 2.42. The zero-order chi connectivity index (χ0) is 11.1. The molecule has 0 bridgehead atoms. The van der Waals surface area contributed by atoms with Crippen molar-refractivity contribution in [3.8, 4) is 10.4 Å². The van der Waals surface area contributed by atoms with E-state index in [9.17, 15) is 9.41 Å². The van der Waals surface area contributed by atoms with Crippen LogP contribution in [0.15, 0.2) is 23.8 Å². The van der Waals surface area contributed by atoms with Gasteiger partial charge < -0.3 is 9.68 Å². The van der Waals surface area contributed by atoms with Crippen molar-refractivity contribution in [1.29, 1.82) is 0 Å². The molecular weight excluding hydrogens is 228 g/mol. The third kappa shape index (κ3) is 1.46. The van der Waals surface area contributed by atoms with Gasteiger partial charge in [-0.15, -0.1) is 11.3 Å². The molecule has 80 valence electrons. The summed E-state index contributed by atoms with van der Waals surface area (Å²) < 4.78 is 18.8. The molecule has 1 aliphatic rings. The van der Waals surface area contributed by atoms with E-state index in [-0.39, 0.29) is 12.4 Å². The van der Waals surface area contributed by atoms with Crippen LogP contribution in [0.1, 0.15) is 5.56 Å². The molecule has 0 aliphatic carbocycles. The Morgan fingerprint density at radius 1 is 1.50 bits per heavy atom. The first-order valence-electron chi connectivity index (χ1n) is 4.76. The van der Waals surface area contributed by atoms with Gasteiger partial charge in [0, 0.05) is 11.8 Å². The second kappa shape index (κ2) is 3.66. The lowest BCUT2D eigenvalue weighted by atomic mass is 9.78. The molecule has 2 aromatic rings. The largest absolute Gasteiger partial charge is 0.491 e. The highest BCUT2D eigenvalue weighted by atomic mass is 32.1. The SMILES string of the molecule is OB1OCc2cc(F)c(-c3cncs3)cc21. The Labute approximate surface area is 95.7 Å². The summed E-state index contributed by atoms with van der Waals surface area (Å²) >= 11 is 1.36. The first-order valence-corrected chi connectivity index (χ1v) is 5.64. The Balaban J connectivity index is 2.17. The van der Waals surface area contributed by atoms with Gasteiger partial charge in [-0.05, 0) is 17.1 Å². The molecule has 16 heavy (non-hydrogen) atoms. The average Bonchev–Trinajstić information content (AvgIpc) is 2.88. The van der Waals surface area contributed by atoms with E-state index in [0.29, 0.717) is 16.6 Å². The Morgan fingerprint density at radius 2 is 2.38 bits per heavy atom. The number of aromatic nitrogens is 1. The van der Waals surface area contributed by atoms with Crippen molar-refractivity contribution >= 4 is 23.9 Å². The minimum Gasteiger partial charge on any atom is -0.423 e. The van der Waals surface area contributed by atoms with E-state index in [2.05, 4.69) is 4.98 Å². The van der Waals surface area contributed by atoms with Crippen LogP contribution < -0.4 is 5.46 Å². The number of hydrogen-bond acceptors (Lipinski definition) is 4. The number of halogens is 1. The van der Waals surface area contributed by atoms with Crippen LogP contribution in [0.25, 0.3) is 10.4 Å². The Morgan fingerprint density at radius 3 is 3.12 bits per heavy atom. The molecule has 0 spiro atoms. The summed E-state index contributed by atoms with van der Waals surface area (Å²) in [7, 11) is -0.942. The highest BCUT2D eigenvalue weighted by Crippen LogP contribution is 2.27. The van der Waals surface area contributed by atoms with Crippen molar-refractivity contribution in [2.75, 3.05) is 0 Å². The highest BCUT2D eigenvalue weighted by molar-refractivity contribution is 7.13. The van der Waals surface area contributed by atoms with Crippen LogP contribution in [0.3, 0.4) is 0 Å². The maximum absolute atomic E-state index is 13.8. The van der Waals surface area contributed by atoms with Gasteiger partial charge in [-0.2, -0.15) is 0 Å². The normalized spacial score (nSPS) is 14.2. The van der Waals surface area contributed by atoms with E-state index in [1.807, 2.05) is 0 Å². The van der Waals surface area contributed by atoms with Crippen LogP contribution in [0.5, 0.6) is 0 Å². The average molecular weight is 235 g/mol. The van der Waals surface area contributed by atoms with Crippen molar-refractivity contribution in [3.05, 3.63) is 35.2 Å². The van der Waals surface area contributed by atoms with E-state index in [1.165, 1.54) is 17.4 Å². The Hall–Kier alpha value is -1.24. The van der Waals surface area contributed by atoms with Gasteiger partial charge in [-0.3, -0.25) is 4.98 Å². The number of nitrogens with zero attached hydrogens (tertiary/aromatic N) is 1. The first kappa shape index (κ1) is 9.95. The van der Waals surface area contributed by atoms with Crippen LogP contribution in [0, 0.1) is 5.82 Å². The van der Waals surface area contributed by atoms with Crippen LogP contribution in [0.2, 0.25) is 0 Å². The molecule has 3 rings (SSSR count). The zero-order valence-corrected chi connectivity index (χ0v) is 9.00. The molecule has 1 aromatic carbocycles. The van der Waals surface area contributed by atoms with Crippen LogP contribution in [0.4, 0.5) is 4.39 Å². The molecule has 1 aliphatic heterocycles. The van der Waals surface area contributed by atoms with E-state index >= 15 is 0 Å². The van der Waals surface area contributed by atoms with Crippen molar-refractivity contribution < 1.29 is 14.1 Å². The molecule has 0 atom stereocenters. The van der Waals surface area contributed by atoms with Crippen LogP contribution >= 0.6 is 11.3 Å². The summed E-state index contributed by atoms with van der Waals surface area (Å²) in [5, 5.41) is 9.54. The summed E-state index contributed by atoms with van der Waals surface area (Å²) in [6.45, 7) is 0.260. The summed E-state index contributed by atoms with van der Waals surface area (Å²) in [6.07, 6.45) is 1.61. The predicted molar refractivity (Wildman–Crippen MR) is 59.9 cm³/mol. The van der Waals surface area contributed by atoms with Gasteiger partial charge in [0.15, 0.2) is 0 Å². The third-order valence-electron chi connectivity index (χ3n) is 2.59. The first-order chi connectivity index (χ1) is 7.75. The fourth-order valence-electron chi connectivity index (χ4n) is 1.78. The number of benzene rings is 1. The molecule has 3 nitrogen and oxygen atoms in total. The number of fused-ring (bicyclic) bond motifs is 1. The summed E-state index contributed by atoms with van der Waals surface area (Å²) in [5.41, 5.74) is 3.46. The molecule has 0 amide bonds. The second-order valence-corrected chi connectivity index (χ2v) is 4.45. The van der Waals surface area contributed by atoms with Gasteiger partial charge in [0.1, 0.15) is 5.82 Å². The van der Waals surface area contributed by atoms with Crippen LogP contribution in [-0.2, 0) is 11.3 Å². The van der Waals surface area contributed by atoms with Gasteiger partial charge in [-0.1, -0.05) is 6.07 Å². The molecule has 0 saturated carbocycles. The monoisotopic (exact) mass is 235 g/mol. The zero-order valence-electron chi connectivity index (χ0n) is 8.18. The molecule has 6 heteroatoms. The standard InChI is InChI=1S/C10H7BFNO2S/c12-9-1-6-4-15-11(14)8(6)2-7(9)10-3-13-5-16-10/h1-3,5,14H,4H2. The predicted octanol–water partition coefficient (Wildman–Crippen LogP) is 1.17. The maximum atomic E-state index is 13.8. The van der Waals surface area contributed by atoms with Gasteiger partial charge in [-0.25, -0.2) is 4.39 Å². The second-order valence-electron chi connectivity index (χ2n) is 3.56. The lowest BCUT2D eigenvalue weighted by molar-refractivity contribution is 0.275. The molecule has 0 radical (unpaired) electrons. The van der Waals surface area contributed by atoms with Crippen molar-refractivity contribution in [2.45, 2.75) is 6.61 Å². The van der Waals surface area contributed by atoms with E-state index in [4.69, 9.17) is 4.65 Å². The topological polar surface area (TPSA) is 42.4 Å². The highest BCUT2D eigenvalue weighted by Gasteiger charge is 2.29. The molecule has 1 N–H and O–H groups in total. The lowest BCUT2D eigenvalue weighted by Crippen LogP contribution is -2.28. The van der Waals surface area contributed by atoms with E-state index < -0.39 is 7.12 Å². The van der Waals surface area contributed by atoms with E-state index in [0.717, 1.165) is 4.88 Å². The van der Waals surface area contributed by atoms with Crippen molar-refractivity contribution in [2.24, 2.45) is 0 Å². The minimum atomic E-state index is -0.942. The number of hydrogen-bond donors (Lipinski definition) is 1. The third-order valence-corrected chi connectivity index (χ3v) is 3.40. The summed E-state index contributed by atoms with van der Waals surface area (Å²) in [5.74, 6) is -0.305. The molecule has 0 unspecified atom stereocenters. The fraction of sp³-hybridized carbons (Fsp3) is 0.100. The van der Waals surface area contributed by atoms with Gasteiger partial charge in [0.05, 0.1) is 17.0 Å². The van der Waals surface area contributed by atoms with Gasteiger partial charge in [0.2, 0.25) is 0 Å². The molecule has 0 fully saturated rings. The minimum absolute atomic E-state index is 0.260. The Kier molecular flexibility index (Phi) is 2.28. The molecule has 1 aromatic heterocycles. The number of thiazole rings is 1. The van der Waals surface area contributed by atoms with Crippen molar-refractivity contribution in [3.63, 3.8) is 0 Å². The maximum Gasteiger partial charge on any atom is 0.491 e. The molecule has 0 saturated heterocycles. The molecular formula is C10H7BFNO2S. The van der Waals surface area contributed by atoms with E-state index in [1.54, 1.807) is 17.8 Å².